The maximum atomic E-state index is 12.2. The average molecular weight is 411 g/mol. The first kappa shape index (κ1) is 18.0. The fourth-order valence-electron chi connectivity index (χ4n) is 1.93. The molecule has 0 unspecified atom stereocenters. The van der Waals surface area contributed by atoms with Crippen molar-refractivity contribution in [2.24, 2.45) is 0 Å². The van der Waals surface area contributed by atoms with Crippen LogP contribution in [0.15, 0.2) is 57.9 Å². The van der Waals surface area contributed by atoms with E-state index in [1.54, 1.807) is 42.1 Å². The molecule has 0 bridgehead atoms. The maximum Gasteiger partial charge on any atom is 0.241 e. The summed E-state index contributed by atoms with van der Waals surface area (Å²) in [6.07, 6.45) is 0. The lowest BCUT2D eigenvalue weighted by atomic mass is 10.1. The Morgan fingerprint density at radius 2 is 1.83 bits per heavy atom. The van der Waals surface area contributed by atoms with Crippen LogP contribution in [0.2, 0.25) is 0 Å². The molecule has 0 aliphatic rings. The van der Waals surface area contributed by atoms with Gasteiger partial charge in [-0.1, -0.05) is 30.3 Å². The smallest absolute Gasteiger partial charge is 0.210 e. The highest BCUT2D eigenvalue weighted by Crippen LogP contribution is 2.21. The van der Waals surface area contributed by atoms with E-state index >= 15 is 0 Å². The lowest BCUT2D eigenvalue weighted by Gasteiger charge is -2.08. The highest BCUT2D eigenvalue weighted by molar-refractivity contribution is 9.10. The minimum atomic E-state index is -3.51. The molecule has 0 amide bonds. The summed E-state index contributed by atoms with van der Waals surface area (Å²) in [6.45, 7) is 0.336. The number of thioether (sulfide) groups is 1. The molecule has 23 heavy (non-hydrogen) atoms. The number of benzene rings is 2. The molecule has 7 heteroatoms. The average Bonchev–Trinajstić information content (AvgIpc) is 2.55. The van der Waals surface area contributed by atoms with Gasteiger partial charge in [-0.2, -0.15) is 17.0 Å². The van der Waals surface area contributed by atoms with Crippen molar-refractivity contribution in [3.05, 3.63) is 64.1 Å². The molecule has 0 atom stereocenters. The molecule has 0 aliphatic heterocycles. The number of nitrogens with zero attached hydrogens (tertiary/aromatic N) is 1. The van der Waals surface area contributed by atoms with Gasteiger partial charge in [0.1, 0.15) is 0 Å². The summed E-state index contributed by atoms with van der Waals surface area (Å²) in [6, 6.07) is 16.3. The van der Waals surface area contributed by atoms with Crippen LogP contribution < -0.4 is 4.72 Å². The summed E-state index contributed by atoms with van der Waals surface area (Å²) >= 11 is 4.83. The van der Waals surface area contributed by atoms with Crippen molar-refractivity contribution in [2.75, 3.05) is 12.3 Å². The third-order valence-corrected chi connectivity index (χ3v) is 6.54. The summed E-state index contributed by atoms with van der Waals surface area (Å²) in [4.78, 5) is 0.236. The molecule has 0 spiro atoms. The quantitative estimate of drug-likeness (QED) is 0.708. The number of halogens is 1. The van der Waals surface area contributed by atoms with Crippen molar-refractivity contribution < 1.29 is 8.42 Å². The van der Waals surface area contributed by atoms with Gasteiger partial charge in [0.25, 0.3) is 0 Å². The Morgan fingerprint density at radius 1 is 1.13 bits per heavy atom. The fraction of sp³-hybridized carbons (Fsp3) is 0.188. The van der Waals surface area contributed by atoms with E-state index in [0.29, 0.717) is 28.1 Å². The van der Waals surface area contributed by atoms with Crippen molar-refractivity contribution in [1.82, 2.24) is 4.72 Å². The monoisotopic (exact) mass is 410 g/mol. The van der Waals surface area contributed by atoms with E-state index in [1.165, 1.54) is 0 Å². The van der Waals surface area contributed by atoms with Gasteiger partial charge in [0.15, 0.2) is 0 Å². The SMILES string of the molecule is N#Cc1ccccc1CSCCNS(=O)(=O)c1ccccc1Br. The van der Waals surface area contributed by atoms with Gasteiger partial charge in [0, 0.05) is 22.5 Å². The highest BCUT2D eigenvalue weighted by atomic mass is 79.9. The van der Waals surface area contributed by atoms with Crippen molar-refractivity contribution in [1.29, 1.82) is 5.26 Å². The number of nitriles is 1. The number of rotatable bonds is 7. The Morgan fingerprint density at radius 3 is 2.57 bits per heavy atom. The molecule has 0 aromatic heterocycles. The second-order valence-corrected chi connectivity index (χ2v) is 8.34. The Hall–Kier alpha value is -1.33. The predicted molar refractivity (Wildman–Crippen MR) is 96.6 cm³/mol. The molecule has 0 heterocycles. The summed E-state index contributed by atoms with van der Waals surface area (Å²) in [7, 11) is -3.51. The highest BCUT2D eigenvalue weighted by Gasteiger charge is 2.16. The van der Waals surface area contributed by atoms with Gasteiger partial charge in [-0.15, -0.1) is 0 Å². The summed E-state index contributed by atoms with van der Waals surface area (Å²) in [5.74, 6) is 1.31. The zero-order valence-corrected chi connectivity index (χ0v) is 15.4. The molecule has 0 saturated carbocycles. The van der Waals surface area contributed by atoms with Crippen LogP contribution in [0.4, 0.5) is 0 Å². The molecule has 0 aliphatic carbocycles. The van der Waals surface area contributed by atoms with Crippen LogP contribution >= 0.6 is 27.7 Å². The van der Waals surface area contributed by atoms with Gasteiger partial charge >= 0.3 is 0 Å². The molecule has 1 N–H and O–H groups in total. The van der Waals surface area contributed by atoms with Crippen LogP contribution in [0.5, 0.6) is 0 Å². The van der Waals surface area contributed by atoms with Gasteiger partial charge < -0.3 is 0 Å². The van der Waals surface area contributed by atoms with Crippen molar-refractivity contribution in [3.63, 3.8) is 0 Å². The molecule has 120 valence electrons. The topological polar surface area (TPSA) is 70.0 Å². The minimum Gasteiger partial charge on any atom is -0.210 e. The number of hydrogen-bond donors (Lipinski definition) is 1. The zero-order chi connectivity index (χ0) is 16.7. The Balaban J connectivity index is 1.84. The molecule has 4 nitrogen and oxygen atoms in total. The van der Waals surface area contributed by atoms with E-state index in [9.17, 15) is 8.42 Å². The van der Waals surface area contributed by atoms with Gasteiger partial charge in [0.2, 0.25) is 10.0 Å². The van der Waals surface area contributed by atoms with Crippen LogP contribution in [-0.2, 0) is 15.8 Å². The Kier molecular flexibility index (Phi) is 6.66. The fourth-order valence-corrected chi connectivity index (χ4v) is 4.95. The molecular weight excluding hydrogens is 396 g/mol. The maximum absolute atomic E-state index is 12.2. The third kappa shape index (κ3) is 5.08. The minimum absolute atomic E-state index is 0.236. The van der Waals surface area contributed by atoms with Gasteiger partial charge in [-0.25, -0.2) is 13.1 Å². The number of nitrogens with one attached hydrogen (secondary N) is 1. The normalized spacial score (nSPS) is 11.1. The number of hydrogen-bond acceptors (Lipinski definition) is 4. The number of sulfonamides is 1. The van der Waals surface area contributed by atoms with E-state index < -0.39 is 10.0 Å². The van der Waals surface area contributed by atoms with E-state index in [1.807, 2.05) is 18.2 Å². The molecular formula is C16H15BrN2O2S2. The molecule has 0 fully saturated rings. The summed E-state index contributed by atoms with van der Waals surface area (Å²) in [5, 5.41) is 9.02. The molecule has 0 radical (unpaired) electrons. The standard InChI is InChI=1S/C16H15BrN2O2S2/c17-15-7-3-4-8-16(15)23(20,21)19-9-10-22-12-14-6-2-1-5-13(14)11-18/h1-8,19H,9-10,12H2. The summed E-state index contributed by atoms with van der Waals surface area (Å²) in [5.41, 5.74) is 1.63. The van der Waals surface area contributed by atoms with E-state index in [2.05, 4.69) is 26.7 Å². The first-order chi connectivity index (χ1) is 11.0. The van der Waals surface area contributed by atoms with Crippen LogP contribution in [0.3, 0.4) is 0 Å². The second kappa shape index (κ2) is 8.50. The molecule has 2 aromatic carbocycles. The predicted octanol–water partition coefficient (Wildman–Crippen LogP) is 3.53. The van der Waals surface area contributed by atoms with Crippen molar-refractivity contribution in [3.8, 4) is 6.07 Å². The van der Waals surface area contributed by atoms with E-state index in [4.69, 9.17) is 5.26 Å². The van der Waals surface area contributed by atoms with Crippen LogP contribution in [0.1, 0.15) is 11.1 Å². The largest absolute Gasteiger partial charge is 0.241 e. The van der Waals surface area contributed by atoms with Crippen LogP contribution in [-0.4, -0.2) is 20.7 Å². The van der Waals surface area contributed by atoms with E-state index in [0.717, 1.165) is 5.56 Å². The molecule has 0 saturated heterocycles. The third-order valence-electron chi connectivity index (χ3n) is 3.06. The molecule has 2 aromatic rings. The molecule has 2 rings (SSSR count). The Labute approximate surface area is 149 Å². The lowest BCUT2D eigenvalue weighted by molar-refractivity contribution is 0.583. The van der Waals surface area contributed by atoms with Crippen LogP contribution in [0, 0.1) is 11.3 Å². The van der Waals surface area contributed by atoms with Gasteiger partial charge in [-0.3, -0.25) is 0 Å². The lowest BCUT2D eigenvalue weighted by Crippen LogP contribution is -2.26. The second-order valence-electron chi connectivity index (χ2n) is 4.65. The van der Waals surface area contributed by atoms with E-state index in [-0.39, 0.29) is 4.90 Å². The Bertz CT molecular complexity index is 817. The van der Waals surface area contributed by atoms with Gasteiger partial charge in [-0.05, 0) is 39.7 Å². The summed E-state index contributed by atoms with van der Waals surface area (Å²) < 4.78 is 27.5. The van der Waals surface area contributed by atoms with Crippen molar-refractivity contribution >= 4 is 37.7 Å². The first-order valence-electron chi connectivity index (χ1n) is 6.84. The first-order valence-corrected chi connectivity index (χ1v) is 10.3. The van der Waals surface area contributed by atoms with Gasteiger partial charge in [0.05, 0.1) is 16.5 Å². The van der Waals surface area contributed by atoms with Crippen molar-refractivity contribution in [2.45, 2.75) is 10.6 Å². The zero-order valence-electron chi connectivity index (χ0n) is 12.2. The van der Waals surface area contributed by atoms with Crippen LogP contribution in [0.25, 0.3) is 0 Å².